The molecule has 0 fully saturated rings. The van der Waals surface area contributed by atoms with Gasteiger partial charge >= 0.3 is 5.97 Å². The van der Waals surface area contributed by atoms with Gasteiger partial charge in [-0.2, -0.15) is 0 Å². The molecule has 0 amide bonds. The van der Waals surface area contributed by atoms with Gasteiger partial charge < -0.3 is 10.1 Å². The summed E-state index contributed by atoms with van der Waals surface area (Å²) in [6.45, 7) is 0. The SMILES string of the molecule is CN(NC(CC(=O)O)(c1ccccc1)c1ccccc1)c1ccccc1. The van der Waals surface area contributed by atoms with Crippen molar-refractivity contribution in [2.45, 2.75) is 12.0 Å². The molecule has 0 saturated heterocycles. The molecule has 132 valence electrons. The smallest absolute Gasteiger partial charge is 0.306 e. The van der Waals surface area contributed by atoms with E-state index in [2.05, 4.69) is 5.43 Å². The highest BCUT2D eigenvalue weighted by Gasteiger charge is 2.37. The Morgan fingerprint density at radius 1 is 0.846 bits per heavy atom. The van der Waals surface area contributed by atoms with Crippen LogP contribution in [0.4, 0.5) is 5.69 Å². The zero-order chi connectivity index (χ0) is 18.4. The van der Waals surface area contributed by atoms with Crippen LogP contribution >= 0.6 is 0 Å². The van der Waals surface area contributed by atoms with E-state index in [1.165, 1.54) is 0 Å². The molecule has 0 atom stereocenters. The van der Waals surface area contributed by atoms with E-state index in [1.807, 2.05) is 103 Å². The second-order valence-corrected chi connectivity index (χ2v) is 6.21. The first kappa shape index (κ1) is 17.7. The maximum Gasteiger partial charge on any atom is 0.306 e. The summed E-state index contributed by atoms with van der Waals surface area (Å²) in [4.78, 5) is 11.8. The highest BCUT2D eigenvalue weighted by Crippen LogP contribution is 2.34. The molecule has 3 aromatic carbocycles. The van der Waals surface area contributed by atoms with E-state index in [0.717, 1.165) is 16.8 Å². The maximum atomic E-state index is 11.8. The third-order valence-electron chi connectivity index (χ3n) is 4.45. The molecule has 0 spiro atoms. The number of aliphatic carboxylic acids is 1. The van der Waals surface area contributed by atoms with Crippen molar-refractivity contribution in [2.75, 3.05) is 12.1 Å². The summed E-state index contributed by atoms with van der Waals surface area (Å²) in [5, 5.41) is 11.6. The van der Waals surface area contributed by atoms with Crippen molar-refractivity contribution in [1.82, 2.24) is 5.43 Å². The molecule has 0 bridgehead atoms. The Balaban J connectivity index is 2.12. The first-order valence-corrected chi connectivity index (χ1v) is 8.51. The Morgan fingerprint density at radius 3 is 1.69 bits per heavy atom. The summed E-state index contributed by atoms with van der Waals surface area (Å²) in [5.41, 5.74) is 5.33. The molecule has 0 heterocycles. The number of nitrogens with one attached hydrogen (secondary N) is 1. The second kappa shape index (κ2) is 7.85. The van der Waals surface area contributed by atoms with Crippen molar-refractivity contribution in [2.24, 2.45) is 0 Å². The molecule has 0 saturated carbocycles. The van der Waals surface area contributed by atoms with Crippen LogP contribution in [0.1, 0.15) is 17.5 Å². The van der Waals surface area contributed by atoms with Crippen molar-refractivity contribution in [3.05, 3.63) is 102 Å². The van der Waals surface area contributed by atoms with E-state index < -0.39 is 11.5 Å². The number of benzene rings is 3. The summed E-state index contributed by atoms with van der Waals surface area (Å²) in [6, 6.07) is 29.2. The zero-order valence-corrected chi connectivity index (χ0v) is 14.7. The molecule has 3 aromatic rings. The second-order valence-electron chi connectivity index (χ2n) is 6.21. The summed E-state index contributed by atoms with van der Waals surface area (Å²) in [6.07, 6.45) is -0.0851. The van der Waals surface area contributed by atoms with E-state index in [1.54, 1.807) is 0 Å². The Morgan fingerprint density at radius 2 is 1.27 bits per heavy atom. The fraction of sp³-hybridized carbons (Fsp3) is 0.136. The fourth-order valence-electron chi connectivity index (χ4n) is 3.21. The summed E-state index contributed by atoms with van der Waals surface area (Å²) >= 11 is 0. The number of hydrogen-bond donors (Lipinski definition) is 2. The molecule has 0 aliphatic rings. The number of hydrogen-bond acceptors (Lipinski definition) is 3. The standard InChI is InChI=1S/C22H22N2O2/c1-24(20-15-9-4-10-16-20)23-22(17-21(25)26,18-11-5-2-6-12-18)19-13-7-3-8-14-19/h2-16,23H,17H2,1H3,(H,25,26). The van der Waals surface area contributed by atoms with Crippen LogP contribution in [0.15, 0.2) is 91.0 Å². The van der Waals surface area contributed by atoms with Crippen LogP contribution in [-0.4, -0.2) is 18.1 Å². The number of carboxylic acids is 1. The van der Waals surface area contributed by atoms with E-state index in [0.29, 0.717) is 0 Å². The predicted octanol–water partition coefficient (Wildman–Crippen LogP) is 4.05. The van der Waals surface area contributed by atoms with Crippen LogP contribution in [0.3, 0.4) is 0 Å². The lowest BCUT2D eigenvalue weighted by Gasteiger charge is -2.39. The highest BCUT2D eigenvalue weighted by atomic mass is 16.4. The number of rotatable bonds is 7. The molecule has 26 heavy (non-hydrogen) atoms. The molecule has 4 nitrogen and oxygen atoms in total. The normalized spacial score (nSPS) is 11.1. The predicted molar refractivity (Wildman–Crippen MR) is 104 cm³/mol. The molecule has 0 aliphatic carbocycles. The van der Waals surface area contributed by atoms with Gasteiger partial charge in [-0.15, -0.1) is 0 Å². The highest BCUT2D eigenvalue weighted by molar-refractivity contribution is 5.70. The van der Waals surface area contributed by atoms with Crippen molar-refractivity contribution < 1.29 is 9.90 Å². The number of carboxylic acid groups (broad SMARTS) is 1. The molecular weight excluding hydrogens is 324 g/mol. The van der Waals surface area contributed by atoms with E-state index in [4.69, 9.17) is 0 Å². The average Bonchev–Trinajstić information content (AvgIpc) is 2.69. The Kier molecular flexibility index (Phi) is 5.34. The Labute approximate surface area is 153 Å². The van der Waals surface area contributed by atoms with E-state index in [-0.39, 0.29) is 6.42 Å². The van der Waals surface area contributed by atoms with Gasteiger partial charge in [-0.05, 0) is 23.3 Å². The van der Waals surface area contributed by atoms with Gasteiger partial charge in [0.1, 0.15) is 0 Å². The largest absolute Gasteiger partial charge is 0.481 e. The summed E-state index contributed by atoms with van der Waals surface area (Å²) < 4.78 is 0. The molecule has 0 unspecified atom stereocenters. The quantitative estimate of drug-likeness (QED) is 0.634. The van der Waals surface area contributed by atoms with Crippen molar-refractivity contribution in [3.8, 4) is 0 Å². The molecule has 3 rings (SSSR count). The van der Waals surface area contributed by atoms with Crippen LogP contribution in [-0.2, 0) is 10.3 Å². The maximum absolute atomic E-state index is 11.8. The first-order chi connectivity index (χ1) is 12.6. The number of hydrazine groups is 1. The van der Waals surface area contributed by atoms with Gasteiger partial charge in [-0.25, -0.2) is 5.43 Å². The van der Waals surface area contributed by atoms with Crippen molar-refractivity contribution in [1.29, 1.82) is 0 Å². The van der Waals surface area contributed by atoms with Gasteiger partial charge in [0.15, 0.2) is 0 Å². The van der Waals surface area contributed by atoms with Crippen LogP contribution in [0.5, 0.6) is 0 Å². The first-order valence-electron chi connectivity index (χ1n) is 8.51. The van der Waals surface area contributed by atoms with Gasteiger partial charge in [0.2, 0.25) is 0 Å². The minimum Gasteiger partial charge on any atom is -0.481 e. The van der Waals surface area contributed by atoms with Gasteiger partial charge in [0.25, 0.3) is 0 Å². The summed E-state index contributed by atoms with van der Waals surface area (Å²) in [7, 11) is 1.90. The Bertz CT molecular complexity index is 796. The van der Waals surface area contributed by atoms with Gasteiger partial charge in [-0.1, -0.05) is 78.9 Å². The minimum atomic E-state index is -0.890. The molecule has 0 aromatic heterocycles. The Hall–Kier alpha value is -3.11. The molecular formula is C22H22N2O2. The number of carbonyl (C=O) groups is 1. The molecule has 4 heteroatoms. The minimum absolute atomic E-state index is 0.0851. The number of anilines is 1. The van der Waals surface area contributed by atoms with Gasteiger partial charge in [0.05, 0.1) is 17.6 Å². The van der Waals surface area contributed by atoms with Crippen LogP contribution < -0.4 is 10.4 Å². The van der Waals surface area contributed by atoms with Crippen molar-refractivity contribution in [3.63, 3.8) is 0 Å². The van der Waals surface area contributed by atoms with E-state index in [9.17, 15) is 9.90 Å². The summed E-state index contributed by atoms with van der Waals surface area (Å²) in [5.74, 6) is -0.869. The molecule has 2 N–H and O–H groups in total. The van der Waals surface area contributed by atoms with Crippen LogP contribution in [0.2, 0.25) is 0 Å². The van der Waals surface area contributed by atoms with E-state index >= 15 is 0 Å². The lowest BCUT2D eigenvalue weighted by atomic mass is 9.80. The molecule has 0 radical (unpaired) electrons. The van der Waals surface area contributed by atoms with Gasteiger partial charge in [0, 0.05) is 7.05 Å². The van der Waals surface area contributed by atoms with Crippen molar-refractivity contribution >= 4 is 11.7 Å². The van der Waals surface area contributed by atoms with Crippen LogP contribution in [0, 0.1) is 0 Å². The third-order valence-corrected chi connectivity index (χ3v) is 4.45. The van der Waals surface area contributed by atoms with Crippen LogP contribution in [0.25, 0.3) is 0 Å². The lowest BCUT2D eigenvalue weighted by molar-refractivity contribution is -0.138. The number of nitrogens with zero attached hydrogens (tertiary/aromatic N) is 1. The molecule has 0 aliphatic heterocycles. The fourth-order valence-corrected chi connectivity index (χ4v) is 3.21. The lowest BCUT2D eigenvalue weighted by Crippen LogP contribution is -2.53. The third kappa shape index (κ3) is 3.76. The zero-order valence-electron chi connectivity index (χ0n) is 14.7. The number of para-hydroxylation sites is 1. The average molecular weight is 346 g/mol. The monoisotopic (exact) mass is 346 g/mol. The van der Waals surface area contributed by atoms with Gasteiger partial charge in [-0.3, -0.25) is 4.79 Å². The topological polar surface area (TPSA) is 52.6 Å².